The summed E-state index contributed by atoms with van der Waals surface area (Å²) in [4.78, 5) is 16.5. The molecule has 0 fully saturated rings. The van der Waals surface area contributed by atoms with Crippen LogP contribution in [0.1, 0.15) is 46.8 Å². The van der Waals surface area contributed by atoms with Gasteiger partial charge < -0.3 is 5.11 Å². The van der Waals surface area contributed by atoms with Gasteiger partial charge in [0, 0.05) is 10.9 Å². The second kappa shape index (κ2) is 6.08. The van der Waals surface area contributed by atoms with Crippen LogP contribution in [-0.2, 0) is 0 Å². The van der Waals surface area contributed by atoms with Crippen LogP contribution in [0.25, 0.3) is 22.2 Å². The van der Waals surface area contributed by atoms with Gasteiger partial charge in [0.2, 0.25) is 0 Å². The Kier molecular flexibility index (Phi) is 4.10. The molecule has 3 aromatic rings. The van der Waals surface area contributed by atoms with Crippen LogP contribution in [0.2, 0.25) is 0 Å². The number of aromatic nitrogens is 1. The Bertz CT molecular complexity index is 942. The number of pyridine rings is 1. The van der Waals surface area contributed by atoms with E-state index in [-0.39, 0.29) is 0 Å². The third-order valence-electron chi connectivity index (χ3n) is 4.39. The van der Waals surface area contributed by atoms with E-state index >= 15 is 0 Å². The fourth-order valence-corrected chi connectivity index (χ4v) is 3.02. The van der Waals surface area contributed by atoms with Crippen LogP contribution in [0.3, 0.4) is 0 Å². The highest BCUT2D eigenvalue weighted by Crippen LogP contribution is 2.29. The number of rotatable bonds is 3. The Hall–Kier alpha value is -2.68. The van der Waals surface area contributed by atoms with Crippen molar-refractivity contribution in [2.24, 2.45) is 0 Å². The molecule has 0 atom stereocenters. The number of fused-ring (bicyclic) bond motifs is 1. The Morgan fingerprint density at radius 1 is 1.04 bits per heavy atom. The summed E-state index contributed by atoms with van der Waals surface area (Å²) in [5, 5.41) is 10.4. The largest absolute Gasteiger partial charge is 0.478 e. The highest BCUT2D eigenvalue weighted by Gasteiger charge is 2.15. The summed E-state index contributed by atoms with van der Waals surface area (Å²) in [6.07, 6.45) is 0. The molecule has 0 spiro atoms. The molecule has 3 rings (SSSR count). The first-order valence-electron chi connectivity index (χ1n) is 8.12. The molecule has 0 saturated carbocycles. The van der Waals surface area contributed by atoms with E-state index < -0.39 is 5.97 Å². The van der Waals surface area contributed by atoms with Gasteiger partial charge in [-0.05, 0) is 49.1 Å². The molecule has 0 saturated heterocycles. The minimum Gasteiger partial charge on any atom is -0.478 e. The molecule has 0 radical (unpaired) electrons. The van der Waals surface area contributed by atoms with Crippen LogP contribution >= 0.6 is 0 Å². The molecule has 0 unspecified atom stereocenters. The van der Waals surface area contributed by atoms with Crippen LogP contribution in [0.4, 0.5) is 0 Å². The number of benzene rings is 2. The highest BCUT2D eigenvalue weighted by atomic mass is 16.4. The SMILES string of the molecule is Cc1ccc(-c2cc(C(=O)O)c3cc(C(C)C)ccc3n2)c(C)c1. The van der Waals surface area contributed by atoms with Gasteiger partial charge in [0.25, 0.3) is 0 Å². The third kappa shape index (κ3) is 2.90. The molecule has 2 aromatic carbocycles. The predicted molar refractivity (Wildman–Crippen MR) is 97.7 cm³/mol. The van der Waals surface area contributed by atoms with Crippen LogP contribution in [0, 0.1) is 13.8 Å². The zero-order valence-corrected chi connectivity index (χ0v) is 14.4. The number of hydrogen-bond acceptors (Lipinski definition) is 2. The summed E-state index contributed by atoms with van der Waals surface area (Å²) in [5.41, 5.74) is 6.08. The summed E-state index contributed by atoms with van der Waals surface area (Å²) in [6.45, 7) is 8.26. The maximum absolute atomic E-state index is 11.8. The summed E-state index contributed by atoms with van der Waals surface area (Å²) < 4.78 is 0. The minimum atomic E-state index is -0.922. The van der Waals surface area contributed by atoms with E-state index in [1.807, 2.05) is 44.2 Å². The molecule has 122 valence electrons. The van der Waals surface area contributed by atoms with Crippen LogP contribution < -0.4 is 0 Å². The molecule has 1 aromatic heterocycles. The molecule has 1 N–H and O–H groups in total. The molecule has 1 heterocycles. The van der Waals surface area contributed by atoms with Crippen molar-refractivity contribution >= 4 is 16.9 Å². The van der Waals surface area contributed by atoms with Gasteiger partial charge in [-0.3, -0.25) is 0 Å². The standard InChI is InChI=1S/C21H21NO2/c1-12(2)15-6-8-19-17(10-15)18(21(23)24)11-20(22-19)16-7-5-13(3)9-14(16)4/h5-12H,1-4H3,(H,23,24). The number of carbonyl (C=O) groups is 1. The number of nitrogens with zero attached hydrogens (tertiary/aromatic N) is 1. The first-order chi connectivity index (χ1) is 11.4. The number of carboxylic acids is 1. The van der Waals surface area contributed by atoms with Gasteiger partial charge in [0.1, 0.15) is 0 Å². The second-order valence-corrected chi connectivity index (χ2v) is 6.61. The van der Waals surface area contributed by atoms with Gasteiger partial charge in [0.05, 0.1) is 16.8 Å². The molecule has 3 heteroatoms. The fourth-order valence-electron chi connectivity index (χ4n) is 3.02. The Labute approximate surface area is 142 Å². The van der Waals surface area contributed by atoms with Gasteiger partial charge in [-0.1, -0.05) is 43.7 Å². The van der Waals surface area contributed by atoms with E-state index in [4.69, 9.17) is 4.98 Å². The van der Waals surface area contributed by atoms with E-state index in [1.165, 1.54) is 5.56 Å². The summed E-state index contributed by atoms with van der Waals surface area (Å²) in [6, 6.07) is 13.7. The Balaban J connectivity index is 2.28. The number of aryl methyl sites for hydroxylation is 2. The van der Waals surface area contributed by atoms with Gasteiger partial charge in [-0.15, -0.1) is 0 Å². The molecule has 0 aliphatic carbocycles. The van der Waals surface area contributed by atoms with Crippen molar-refractivity contribution in [2.75, 3.05) is 0 Å². The van der Waals surface area contributed by atoms with E-state index in [2.05, 4.69) is 19.9 Å². The molecule has 0 aliphatic heterocycles. The zero-order valence-electron chi connectivity index (χ0n) is 14.4. The maximum Gasteiger partial charge on any atom is 0.336 e. The lowest BCUT2D eigenvalue weighted by molar-refractivity contribution is 0.0699. The number of aromatic carboxylic acids is 1. The summed E-state index contributed by atoms with van der Waals surface area (Å²) >= 11 is 0. The van der Waals surface area contributed by atoms with E-state index in [0.29, 0.717) is 28.1 Å². The zero-order chi connectivity index (χ0) is 17.4. The van der Waals surface area contributed by atoms with Crippen molar-refractivity contribution in [1.29, 1.82) is 0 Å². The van der Waals surface area contributed by atoms with Gasteiger partial charge >= 0.3 is 5.97 Å². The lowest BCUT2D eigenvalue weighted by Gasteiger charge is -2.12. The van der Waals surface area contributed by atoms with Crippen molar-refractivity contribution in [1.82, 2.24) is 4.98 Å². The lowest BCUT2D eigenvalue weighted by Crippen LogP contribution is -2.02. The molecule has 0 aliphatic rings. The monoisotopic (exact) mass is 319 g/mol. The van der Waals surface area contributed by atoms with E-state index in [0.717, 1.165) is 16.7 Å². The van der Waals surface area contributed by atoms with Crippen molar-refractivity contribution in [3.63, 3.8) is 0 Å². The van der Waals surface area contributed by atoms with Gasteiger partial charge in [-0.25, -0.2) is 9.78 Å². The molecule has 3 nitrogen and oxygen atoms in total. The molecular formula is C21H21NO2. The third-order valence-corrected chi connectivity index (χ3v) is 4.39. The summed E-state index contributed by atoms with van der Waals surface area (Å²) in [5.74, 6) is -0.579. The number of hydrogen-bond donors (Lipinski definition) is 1. The molecule has 0 amide bonds. The smallest absolute Gasteiger partial charge is 0.336 e. The van der Waals surface area contributed by atoms with Crippen LogP contribution in [0.5, 0.6) is 0 Å². The van der Waals surface area contributed by atoms with E-state index in [9.17, 15) is 9.90 Å². The number of carboxylic acid groups (broad SMARTS) is 1. The summed E-state index contributed by atoms with van der Waals surface area (Å²) in [7, 11) is 0. The molecule has 0 bridgehead atoms. The average molecular weight is 319 g/mol. The van der Waals surface area contributed by atoms with Gasteiger partial charge in [0.15, 0.2) is 0 Å². The normalized spacial score (nSPS) is 11.2. The average Bonchev–Trinajstić information content (AvgIpc) is 2.53. The molecule has 24 heavy (non-hydrogen) atoms. The van der Waals surface area contributed by atoms with Crippen LogP contribution in [0.15, 0.2) is 42.5 Å². The van der Waals surface area contributed by atoms with Crippen molar-refractivity contribution in [3.8, 4) is 11.3 Å². The second-order valence-electron chi connectivity index (χ2n) is 6.61. The lowest BCUT2D eigenvalue weighted by atomic mass is 9.96. The minimum absolute atomic E-state index is 0.303. The topological polar surface area (TPSA) is 50.2 Å². The maximum atomic E-state index is 11.8. The van der Waals surface area contributed by atoms with Crippen molar-refractivity contribution < 1.29 is 9.90 Å². The Morgan fingerprint density at radius 3 is 2.42 bits per heavy atom. The Morgan fingerprint density at radius 2 is 1.79 bits per heavy atom. The molecular weight excluding hydrogens is 298 g/mol. The quantitative estimate of drug-likeness (QED) is 0.709. The highest BCUT2D eigenvalue weighted by molar-refractivity contribution is 6.04. The first-order valence-corrected chi connectivity index (χ1v) is 8.12. The fraction of sp³-hybridized carbons (Fsp3) is 0.238. The first kappa shape index (κ1) is 16.2. The van der Waals surface area contributed by atoms with Crippen LogP contribution in [-0.4, -0.2) is 16.1 Å². The van der Waals surface area contributed by atoms with Crippen molar-refractivity contribution in [2.45, 2.75) is 33.6 Å². The van der Waals surface area contributed by atoms with Crippen molar-refractivity contribution in [3.05, 3.63) is 64.7 Å². The van der Waals surface area contributed by atoms with Gasteiger partial charge in [-0.2, -0.15) is 0 Å². The predicted octanol–water partition coefficient (Wildman–Crippen LogP) is 5.34. The van der Waals surface area contributed by atoms with E-state index in [1.54, 1.807) is 6.07 Å².